The predicted octanol–water partition coefficient (Wildman–Crippen LogP) is 6.47. The molecule has 1 aliphatic heterocycles. The third kappa shape index (κ3) is 5.19. The highest BCUT2D eigenvalue weighted by molar-refractivity contribution is 14.1. The van der Waals surface area contributed by atoms with E-state index < -0.39 is 0 Å². The number of benzene rings is 2. The first-order valence-corrected chi connectivity index (χ1v) is 15.4. The quantitative estimate of drug-likeness (QED) is 0.206. The van der Waals surface area contributed by atoms with Crippen molar-refractivity contribution in [3.05, 3.63) is 61.8 Å². The maximum atomic E-state index is 14.0. The number of thioether (sulfide) groups is 1. The lowest BCUT2D eigenvalue weighted by Crippen LogP contribution is -2.57. The minimum atomic E-state index is -0.371. The van der Waals surface area contributed by atoms with E-state index >= 15 is 0 Å². The number of methoxy groups -OCH3 is 1. The van der Waals surface area contributed by atoms with Gasteiger partial charge in [0.05, 0.1) is 21.0 Å². The average Bonchev–Trinajstić information content (AvgIpc) is 3.15. The second kappa shape index (κ2) is 10.7. The van der Waals surface area contributed by atoms with Crippen molar-refractivity contribution < 1.29 is 23.5 Å². The van der Waals surface area contributed by atoms with Gasteiger partial charge in [-0.25, -0.2) is 4.39 Å². The van der Waals surface area contributed by atoms with Gasteiger partial charge in [-0.3, -0.25) is 15.0 Å². The molecule has 2 amide bonds. The van der Waals surface area contributed by atoms with Crippen LogP contribution in [0.15, 0.2) is 41.3 Å². The summed E-state index contributed by atoms with van der Waals surface area (Å²) in [5, 5.41) is 1.24. The van der Waals surface area contributed by atoms with E-state index in [9.17, 15) is 14.0 Å². The summed E-state index contributed by atoms with van der Waals surface area (Å²) < 4.78 is 26.6. The molecule has 2 aromatic carbocycles. The summed E-state index contributed by atoms with van der Waals surface area (Å²) in [6, 6.07) is 10.1. The highest BCUT2D eigenvalue weighted by Gasteiger charge is 2.55. The standard InChI is InChI=1S/C29H28FIN2O4S2/c1-36-23-10-16(9-22(31)25(23)37-15-20-4-2-3-5-21(20)30)11-24-26(34)33(28(38)39-24)32-27(35)29-12-17-6-18(13-29)8-19(7-17)14-29/h2-5,9-11,17-19H,6-8,12-15H2,1H3,(H,32,35)/b24-11+. The largest absolute Gasteiger partial charge is 0.493 e. The fourth-order valence-electron chi connectivity index (χ4n) is 7.05. The molecule has 0 aromatic heterocycles. The van der Waals surface area contributed by atoms with Gasteiger partial charge >= 0.3 is 0 Å². The van der Waals surface area contributed by atoms with Gasteiger partial charge in [-0.05, 0) is 121 Å². The van der Waals surface area contributed by atoms with E-state index in [4.69, 9.17) is 21.7 Å². The van der Waals surface area contributed by atoms with Crippen LogP contribution in [-0.2, 0) is 16.2 Å². The van der Waals surface area contributed by atoms with Crippen molar-refractivity contribution in [1.82, 2.24) is 10.4 Å². The van der Waals surface area contributed by atoms with E-state index in [1.54, 1.807) is 30.3 Å². The first kappa shape index (κ1) is 27.0. The van der Waals surface area contributed by atoms with Crippen LogP contribution in [0.4, 0.5) is 4.39 Å². The Morgan fingerprint density at radius 1 is 1.21 bits per heavy atom. The van der Waals surface area contributed by atoms with E-state index in [1.165, 1.54) is 49.2 Å². The van der Waals surface area contributed by atoms with Crippen LogP contribution >= 0.6 is 46.6 Å². The maximum Gasteiger partial charge on any atom is 0.285 e. The Hall–Kier alpha value is -2.18. The molecule has 0 atom stereocenters. The lowest BCUT2D eigenvalue weighted by atomic mass is 9.49. The summed E-state index contributed by atoms with van der Waals surface area (Å²) in [6.45, 7) is 0.0560. The Morgan fingerprint density at radius 2 is 1.87 bits per heavy atom. The van der Waals surface area contributed by atoms with Gasteiger partial charge < -0.3 is 9.47 Å². The van der Waals surface area contributed by atoms with Crippen molar-refractivity contribution in [3.8, 4) is 11.5 Å². The second-order valence-corrected chi connectivity index (χ2v) is 13.9. The number of nitrogens with zero attached hydrogens (tertiary/aromatic N) is 1. The van der Waals surface area contributed by atoms with Crippen molar-refractivity contribution >= 4 is 68.8 Å². The molecule has 204 valence electrons. The molecule has 7 rings (SSSR count). The van der Waals surface area contributed by atoms with Crippen molar-refractivity contribution in [2.24, 2.45) is 23.2 Å². The molecule has 1 heterocycles. The SMILES string of the molecule is COc1cc(/C=C2/SC(=S)N(NC(=O)C34CC5CC(CC(C5)C3)C4)C2=O)cc(I)c1OCc1ccccc1F. The van der Waals surface area contributed by atoms with Gasteiger partial charge in [-0.2, -0.15) is 5.01 Å². The number of amides is 2. The summed E-state index contributed by atoms with van der Waals surface area (Å²) in [5.41, 5.74) is 3.69. The van der Waals surface area contributed by atoms with Crippen LogP contribution in [-0.4, -0.2) is 28.3 Å². The number of thiocarbonyl (C=S) groups is 1. The minimum Gasteiger partial charge on any atom is -0.493 e. The van der Waals surface area contributed by atoms with E-state index in [1.807, 2.05) is 6.07 Å². The number of ether oxygens (including phenoxy) is 2. The van der Waals surface area contributed by atoms with E-state index in [-0.39, 0.29) is 29.7 Å². The van der Waals surface area contributed by atoms with Crippen LogP contribution in [0.25, 0.3) is 6.08 Å². The second-order valence-electron chi connectivity index (χ2n) is 11.1. The Balaban J connectivity index is 1.17. The lowest BCUT2D eigenvalue weighted by Gasteiger charge is -2.55. The Bertz CT molecular complexity index is 1360. The zero-order valence-electron chi connectivity index (χ0n) is 21.4. The number of hydrazine groups is 1. The molecular formula is C29H28FIN2O4S2. The third-order valence-corrected chi connectivity index (χ3v) is 10.5. The van der Waals surface area contributed by atoms with Gasteiger partial charge in [-0.1, -0.05) is 30.0 Å². The number of nitrogens with one attached hydrogen (secondary N) is 1. The van der Waals surface area contributed by atoms with Gasteiger partial charge in [0, 0.05) is 5.56 Å². The minimum absolute atomic E-state index is 0.0560. The summed E-state index contributed by atoms with van der Waals surface area (Å²) in [7, 11) is 1.53. The molecule has 1 saturated heterocycles. The molecule has 6 nitrogen and oxygen atoms in total. The van der Waals surface area contributed by atoms with Crippen LogP contribution in [0.1, 0.15) is 49.7 Å². The molecule has 0 spiro atoms. The van der Waals surface area contributed by atoms with Gasteiger partial charge in [0.1, 0.15) is 12.4 Å². The van der Waals surface area contributed by atoms with Crippen LogP contribution in [0.3, 0.4) is 0 Å². The third-order valence-electron chi connectivity index (χ3n) is 8.41. The highest BCUT2D eigenvalue weighted by atomic mass is 127. The van der Waals surface area contributed by atoms with Crippen LogP contribution in [0, 0.1) is 32.6 Å². The van der Waals surface area contributed by atoms with E-state index in [2.05, 4.69) is 28.0 Å². The zero-order chi connectivity index (χ0) is 27.3. The average molecular weight is 679 g/mol. The molecule has 2 aromatic rings. The molecule has 5 aliphatic rings. The predicted molar refractivity (Wildman–Crippen MR) is 160 cm³/mol. The molecule has 1 N–H and O–H groups in total. The first-order valence-electron chi connectivity index (χ1n) is 13.1. The van der Waals surface area contributed by atoms with Crippen molar-refractivity contribution in [3.63, 3.8) is 0 Å². The number of rotatable bonds is 7. The summed E-state index contributed by atoms with van der Waals surface area (Å²) in [4.78, 5) is 27.3. The van der Waals surface area contributed by atoms with Crippen molar-refractivity contribution in [2.45, 2.75) is 45.1 Å². The number of halogens is 2. The van der Waals surface area contributed by atoms with Crippen LogP contribution in [0.5, 0.6) is 11.5 Å². The van der Waals surface area contributed by atoms with Crippen molar-refractivity contribution in [1.29, 1.82) is 0 Å². The Labute approximate surface area is 250 Å². The molecule has 39 heavy (non-hydrogen) atoms. The normalized spacial score (nSPS) is 28.3. The molecule has 4 saturated carbocycles. The molecule has 0 radical (unpaired) electrons. The van der Waals surface area contributed by atoms with Crippen LogP contribution < -0.4 is 14.9 Å². The number of hydrogen-bond donors (Lipinski definition) is 1. The summed E-state index contributed by atoms with van der Waals surface area (Å²) in [6.07, 6.45) is 8.21. The summed E-state index contributed by atoms with van der Waals surface area (Å²) in [5.74, 6) is 2.12. The van der Waals surface area contributed by atoms with Crippen molar-refractivity contribution in [2.75, 3.05) is 7.11 Å². The maximum absolute atomic E-state index is 14.0. The monoisotopic (exact) mass is 678 g/mol. The Morgan fingerprint density at radius 3 is 2.51 bits per heavy atom. The van der Waals surface area contributed by atoms with E-state index in [0.717, 1.165) is 28.4 Å². The van der Waals surface area contributed by atoms with E-state index in [0.29, 0.717) is 44.0 Å². The zero-order valence-corrected chi connectivity index (χ0v) is 25.2. The summed E-state index contributed by atoms with van der Waals surface area (Å²) >= 11 is 8.79. The first-order chi connectivity index (χ1) is 18.7. The molecule has 4 bridgehead atoms. The van der Waals surface area contributed by atoms with Gasteiger partial charge in [0.15, 0.2) is 15.8 Å². The number of carbonyl (C=O) groups is 2. The highest BCUT2D eigenvalue weighted by Crippen LogP contribution is 2.60. The van der Waals surface area contributed by atoms with Crippen LogP contribution in [0.2, 0.25) is 0 Å². The molecule has 4 aliphatic carbocycles. The topological polar surface area (TPSA) is 67.9 Å². The number of hydrogen-bond acceptors (Lipinski definition) is 6. The molecule has 5 fully saturated rings. The fraction of sp³-hybridized carbons (Fsp3) is 0.414. The van der Waals surface area contributed by atoms with Gasteiger partial charge in [0.2, 0.25) is 5.91 Å². The smallest absolute Gasteiger partial charge is 0.285 e. The molecule has 0 unspecified atom stereocenters. The van der Waals surface area contributed by atoms with Gasteiger partial charge in [-0.15, -0.1) is 0 Å². The molecule has 10 heteroatoms. The number of carbonyl (C=O) groups excluding carboxylic acids is 2. The Kier molecular flexibility index (Phi) is 7.39. The fourth-order valence-corrected chi connectivity index (χ4v) is 9.01. The lowest BCUT2D eigenvalue weighted by molar-refractivity contribution is -0.152. The molecular weight excluding hydrogens is 650 g/mol. The van der Waals surface area contributed by atoms with Gasteiger partial charge in [0.25, 0.3) is 5.91 Å².